The molecular weight excluding hydrogens is 222 g/mol. The van der Waals surface area contributed by atoms with Crippen LogP contribution >= 0.6 is 0 Å². The van der Waals surface area contributed by atoms with Crippen molar-refractivity contribution in [3.05, 3.63) is 35.4 Å². The third kappa shape index (κ3) is 3.33. The minimum atomic E-state index is 0.0152. The highest BCUT2D eigenvalue weighted by Crippen LogP contribution is 2.26. The molecule has 1 N–H and O–H groups in total. The summed E-state index contributed by atoms with van der Waals surface area (Å²) in [6, 6.07) is 9.59. The van der Waals surface area contributed by atoms with Crippen LogP contribution in [-0.4, -0.2) is 18.2 Å². The molecule has 0 aliphatic carbocycles. The Morgan fingerprint density at radius 3 is 2.72 bits per heavy atom. The fourth-order valence-electron chi connectivity index (χ4n) is 2.89. The highest BCUT2D eigenvalue weighted by atomic mass is 16.5. The molecule has 0 amide bonds. The van der Waals surface area contributed by atoms with Gasteiger partial charge < -0.3 is 10.1 Å². The van der Waals surface area contributed by atoms with E-state index in [-0.39, 0.29) is 5.60 Å². The summed E-state index contributed by atoms with van der Waals surface area (Å²) in [7, 11) is 0. The van der Waals surface area contributed by atoms with Gasteiger partial charge in [0.25, 0.3) is 0 Å². The Hall–Kier alpha value is -0.860. The van der Waals surface area contributed by atoms with Crippen LogP contribution in [0.5, 0.6) is 0 Å². The molecule has 2 heteroatoms. The van der Waals surface area contributed by atoms with Crippen LogP contribution in [0.4, 0.5) is 0 Å². The van der Waals surface area contributed by atoms with Crippen molar-refractivity contribution in [2.24, 2.45) is 0 Å². The minimum absolute atomic E-state index is 0.0152. The second-order valence-corrected chi connectivity index (χ2v) is 6.04. The first-order chi connectivity index (χ1) is 8.48. The van der Waals surface area contributed by atoms with Crippen molar-refractivity contribution in [1.82, 2.24) is 5.32 Å². The zero-order chi connectivity index (χ0) is 13.2. The Bertz CT molecular complexity index is 400. The number of benzene rings is 1. The summed E-state index contributed by atoms with van der Waals surface area (Å²) in [5, 5.41) is 3.75. The second kappa shape index (κ2) is 5.41. The zero-order valence-electron chi connectivity index (χ0n) is 12.0. The smallest absolute Gasteiger partial charge is 0.0641 e. The summed E-state index contributed by atoms with van der Waals surface area (Å²) < 4.78 is 5.77. The predicted molar refractivity (Wildman–Crippen MR) is 75.8 cm³/mol. The third-order valence-electron chi connectivity index (χ3n) is 3.84. The van der Waals surface area contributed by atoms with Crippen LogP contribution in [0.15, 0.2) is 24.3 Å². The van der Waals surface area contributed by atoms with Crippen molar-refractivity contribution in [2.75, 3.05) is 6.61 Å². The van der Waals surface area contributed by atoms with E-state index in [4.69, 9.17) is 4.74 Å². The van der Waals surface area contributed by atoms with Gasteiger partial charge in [-0.1, -0.05) is 24.3 Å². The molecule has 100 valence electrons. The van der Waals surface area contributed by atoms with Gasteiger partial charge in [-0.3, -0.25) is 0 Å². The standard InChI is InChI=1S/C16H25NO/c1-12-7-5-6-8-15(12)13(2)17-14-9-10-18-16(3,4)11-14/h5-8,13-14,17H,9-11H2,1-4H3/t13-,14?/m1/s1. The van der Waals surface area contributed by atoms with Gasteiger partial charge in [0.05, 0.1) is 5.60 Å². The van der Waals surface area contributed by atoms with Crippen molar-refractivity contribution in [1.29, 1.82) is 0 Å². The molecule has 1 aromatic rings. The van der Waals surface area contributed by atoms with E-state index in [9.17, 15) is 0 Å². The van der Waals surface area contributed by atoms with E-state index in [2.05, 4.69) is 57.3 Å². The maximum Gasteiger partial charge on any atom is 0.0641 e. The fraction of sp³-hybridized carbons (Fsp3) is 0.625. The summed E-state index contributed by atoms with van der Waals surface area (Å²) in [6.07, 6.45) is 2.20. The maximum atomic E-state index is 5.77. The lowest BCUT2D eigenvalue weighted by molar-refractivity contribution is -0.0640. The third-order valence-corrected chi connectivity index (χ3v) is 3.84. The highest BCUT2D eigenvalue weighted by molar-refractivity contribution is 5.28. The number of hydrogen-bond acceptors (Lipinski definition) is 2. The van der Waals surface area contributed by atoms with Gasteiger partial charge in [0.2, 0.25) is 0 Å². The molecule has 1 aromatic carbocycles. The molecule has 1 aliphatic rings. The molecular formula is C16H25NO. The predicted octanol–water partition coefficient (Wildman–Crippen LogP) is 3.60. The van der Waals surface area contributed by atoms with Crippen LogP contribution in [0.2, 0.25) is 0 Å². The summed E-state index contributed by atoms with van der Waals surface area (Å²) in [4.78, 5) is 0. The molecule has 0 aromatic heterocycles. The SMILES string of the molecule is Cc1ccccc1[C@@H](C)NC1CCOC(C)(C)C1. The molecule has 2 rings (SSSR count). The lowest BCUT2D eigenvalue weighted by Gasteiger charge is -2.37. The Morgan fingerprint density at radius 2 is 2.06 bits per heavy atom. The van der Waals surface area contributed by atoms with Crippen LogP contribution in [0.1, 0.15) is 50.8 Å². The van der Waals surface area contributed by atoms with Crippen LogP contribution in [0.25, 0.3) is 0 Å². The maximum absolute atomic E-state index is 5.77. The van der Waals surface area contributed by atoms with E-state index in [0.29, 0.717) is 12.1 Å². The summed E-state index contributed by atoms with van der Waals surface area (Å²) >= 11 is 0. The monoisotopic (exact) mass is 247 g/mol. The molecule has 0 bridgehead atoms. The summed E-state index contributed by atoms with van der Waals surface area (Å²) in [5.41, 5.74) is 2.78. The average molecular weight is 247 g/mol. The minimum Gasteiger partial charge on any atom is -0.375 e. The molecule has 1 unspecified atom stereocenters. The molecule has 18 heavy (non-hydrogen) atoms. The van der Waals surface area contributed by atoms with Crippen LogP contribution in [-0.2, 0) is 4.74 Å². The van der Waals surface area contributed by atoms with Gasteiger partial charge in [0, 0.05) is 18.7 Å². The Morgan fingerprint density at radius 1 is 1.33 bits per heavy atom. The van der Waals surface area contributed by atoms with Crippen molar-refractivity contribution >= 4 is 0 Å². The van der Waals surface area contributed by atoms with Crippen molar-refractivity contribution < 1.29 is 4.74 Å². The van der Waals surface area contributed by atoms with Crippen LogP contribution < -0.4 is 5.32 Å². The second-order valence-electron chi connectivity index (χ2n) is 6.04. The first kappa shape index (κ1) is 13.6. The van der Waals surface area contributed by atoms with E-state index in [1.165, 1.54) is 11.1 Å². The largest absolute Gasteiger partial charge is 0.375 e. The van der Waals surface area contributed by atoms with Crippen LogP contribution in [0.3, 0.4) is 0 Å². The van der Waals surface area contributed by atoms with Gasteiger partial charge >= 0.3 is 0 Å². The van der Waals surface area contributed by atoms with Crippen molar-refractivity contribution in [3.8, 4) is 0 Å². The van der Waals surface area contributed by atoms with E-state index in [0.717, 1.165) is 19.4 Å². The van der Waals surface area contributed by atoms with E-state index >= 15 is 0 Å². The van der Waals surface area contributed by atoms with Gasteiger partial charge in [-0.2, -0.15) is 0 Å². The van der Waals surface area contributed by atoms with Gasteiger partial charge in [0.15, 0.2) is 0 Å². The van der Waals surface area contributed by atoms with Gasteiger partial charge in [-0.25, -0.2) is 0 Å². The molecule has 0 radical (unpaired) electrons. The van der Waals surface area contributed by atoms with Crippen molar-refractivity contribution in [2.45, 2.75) is 58.2 Å². The van der Waals surface area contributed by atoms with Gasteiger partial charge in [-0.05, 0) is 51.7 Å². The summed E-state index contributed by atoms with van der Waals surface area (Å²) in [6.45, 7) is 9.66. The van der Waals surface area contributed by atoms with Gasteiger partial charge in [0.1, 0.15) is 0 Å². The first-order valence-corrected chi connectivity index (χ1v) is 6.93. The molecule has 0 saturated carbocycles. The molecule has 1 saturated heterocycles. The Balaban J connectivity index is 1.99. The topological polar surface area (TPSA) is 21.3 Å². The quantitative estimate of drug-likeness (QED) is 0.881. The average Bonchev–Trinajstić information content (AvgIpc) is 2.28. The molecule has 1 aliphatic heterocycles. The lowest BCUT2D eigenvalue weighted by atomic mass is 9.92. The number of rotatable bonds is 3. The van der Waals surface area contributed by atoms with E-state index < -0.39 is 0 Å². The zero-order valence-corrected chi connectivity index (χ0v) is 12.0. The number of aryl methyl sites for hydroxylation is 1. The normalized spacial score (nSPS) is 24.8. The van der Waals surface area contributed by atoms with Crippen LogP contribution in [0, 0.1) is 6.92 Å². The van der Waals surface area contributed by atoms with Gasteiger partial charge in [-0.15, -0.1) is 0 Å². The number of nitrogens with one attached hydrogen (secondary N) is 1. The lowest BCUT2D eigenvalue weighted by Crippen LogP contribution is -2.44. The Labute approximate surface area is 111 Å². The summed E-state index contributed by atoms with van der Waals surface area (Å²) in [5.74, 6) is 0. The molecule has 0 spiro atoms. The first-order valence-electron chi connectivity index (χ1n) is 6.93. The van der Waals surface area contributed by atoms with Crippen molar-refractivity contribution in [3.63, 3.8) is 0 Å². The highest BCUT2D eigenvalue weighted by Gasteiger charge is 2.29. The number of hydrogen-bond donors (Lipinski definition) is 1. The van der Waals surface area contributed by atoms with E-state index in [1.54, 1.807) is 0 Å². The molecule has 2 nitrogen and oxygen atoms in total. The molecule has 2 atom stereocenters. The fourth-order valence-corrected chi connectivity index (χ4v) is 2.89. The Kier molecular flexibility index (Phi) is 4.08. The molecule has 1 heterocycles. The van der Waals surface area contributed by atoms with E-state index in [1.807, 2.05) is 0 Å². The number of ether oxygens (including phenoxy) is 1. The molecule has 1 fully saturated rings.